The van der Waals surface area contributed by atoms with Crippen molar-refractivity contribution in [2.24, 2.45) is 11.7 Å². The van der Waals surface area contributed by atoms with Gasteiger partial charge in [-0.05, 0) is 44.4 Å². The number of nitro benzene ring substituents is 1. The highest BCUT2D eigenvalue weighted by atomic mass is 19.1. The molecule has 1 fully saturated rings. The lowest BCUT2D eigenvalue weighted by Gasteiger charge is -2.37. The van der Waals surface area contributed by atoms with Crippen molar-refractivity contribution < 1.29 is 14.1 Å². The van der Waals surface area contributed by atoms with Gasteiger partial charge in [-0.15, -0.1) is 0 Å². The molecule has 0 saturated carbocycles. The minimum atomic E-state index is -0.665. The number of rotatable bonds is 3. The van der Waals surface area contributed by atoms with Crippen LogP contribution in [0.1, 0.15) is 30.1 Å². The molecule has 1 aromatic carbocycles. The van der Waals surface area contributed by atoms with Crippen molar-refractivity contribution in [3.05, 3.63) is 39.7 Å². The van der Waals surface area contributed by atoms with Crippen molar-refractivity contribution in [2.75, 3.05) is 13.1 Å². The highest BCUT2D eigenvalue weighted by molar-refractivity contribution is 5.98. The molecule has 114 valence electrons. The number of hydrogen-bond donors (Lipinski definition) is 1. The van der Waals surface area contributed by atoms with Crippen LogP contribution >= 0.6 is 0 Å². The SMILES string of the molecule is CC1CCC(CN)CN1C(=O)c1cc(F)ccc1[N+](=O)[O-]. The molecule has 0 spiro atoms. The highest BCUT2D eigenvalue weighted by Gasteiger charge is 2.32. The average molecular weight is 295 g/mol. The Morgan fingerprint density at radius 2 is 2.24 bits per heavy atom. The second kappa shape index (κ2) is 6.17. The Kier molecular flexibility index (Phi) is 4.52. The second-order valence-electron chi connectivity index (χ2n) is 5.40. The number of nitrogens with two attached hydrogens (primary N) is 1. The molecule has 1 aliphatic heterocycles. The zero-order valence-corrected chi connectivity index (χ0v) is 11.8. The summed E-state index contributed by atoms with van der Waals surface area (Å²) in [5.41, 5.74) is 5.07. The number of halogens is 1. The van der Waals surface area contributed by atoms with Crippen LogP contribution in [0.25, 0.3) is 0 Å². The minimum Gasteiger partial charge on any atom is -0.335 e. The number of hydrogen-bond acceptors (Lipinski definition) is 4. The van der Waals surface area contributed by atoms with Gasteiger partial charge in [-0.2, -0.15) is 0 Å². The topological polar surface area (TPSA) is 89.5 Å². The van der Waals surface area contributed by atoms with E-state index in [1.165, 1.54) is 0 Å². The zero-order chi connectivity index (χ0) is 15.6. The number of carbonyl (C=O) groups excluding carboxylic acids is 1. The van der Waals surface area contributed by atoms with Gasteiger partial charge in [-0.25, -0.2) is 4.39 Å². The third-order valence-electron chi connectivity index (χ3n) is 3.96. The molecule has 0 aromatic heterocycles. The molecular weight excluding hydrogens is 277 g/mol. The number of nitrogens with zero attached hydrogens (tertiary/aromatic N) is 2. The van der Waals surface area contributed by atoms with Gasteiger partial charge >= 0.3 is 0 Å². The van der Waals surface area contributed by atoms with Gasteiger partial charge in [0.25, 0.3) is 11.6 Å². The Balaban J connectivity index is 2.34. The first kappa shape index (κ1) is 15.4. The zero-order valence-electron chi connectivity index (χ0n) is 11.8. The number of amides is 1. The molecule has 1 heterocycles. The van der Waals surface area contributed by atoms with E-state index in [0.29, 0.717) is 13.1 Å². The summed E-state index contributed by atoms with van der Waals surface area (Å²) in [7, 11) is 0. The Morgan fingerprint density at radius 3 is 2.86 bits per heavy atom. The third kappa shape index (κ3) is 3.18. The first-order chi connectivity index (χ1) is 9.93. The number of carbonyl (C=O) groups is 1. The van der Waals surface area contributed by atoms with E-state index < -0.39 is 16.6 Å². The van der Waals surface area contributed by atoms with Crippen LogP contribution in [0.4, 0.5) is 10.1 Å². The van der Waals surface area contributed by atoms with Crippen molar-refractivity contribution in [1.82, 2.24) is 4.90 Å². The molecule has 1 amide bonds. The molecule has 2 rings (SSSR count). The summed E-state index contributed by atoms with van der Waals surface area (Å²) in [6.07, 6.45) is 1.71. The van der Waals surface area contributed by atoms with Crippen LogP contribution in [0.15, 0.2) is 18.2 Å². The van der Waals surface area contributed by atoms with E-state index >= 15 is 0 Å². The Bertz CT molecular complexity index is 564. The van der Waals surface area contributed by atoms with Gasteiger partial charge in [0.15, 0.2) is 0 Å². The van der Waals surface area contributed by atoms with Gasteiger partial charge in [0, 0.05) is 18.7 Å². The predicted octanol–water partition coefficient (Wildman–Crippen LogP) is 1.93. The Labute approximate surface area is 121 Å². The van der Waals surface area contributed by atoms with E-state index in [4.69, 9.17) is 5.73 Å². The molecule has 0 bridgehead atoms. The second-order valence-corrected chi connectivity index (χ2v) is 5.40. The number of piperidine rings is 1. The lowest BCUT2D eigenvalue weighted by atomic mass is 9.93. The van der Waals surface area contributed by atoms with Gasteiger partial charge in [0.2, 0.25) is 0 Å². The van der Waals surface area contributed by atoms with Gasteiger partial charge in [0.05, 0.1) is 4.92 Å². The molecule has 2 N–H and O–H groups in total. The molecule has 7 heteroatoms. The van der Waals surface area contributed by atoms with E-state index in [9.17, 15) is 19.3 Å². The molecular formula is C14H18FN3O3. The van der Waals surface area contributed by atoms with E-state index in [1.54, 1.807) is 4.90 Å². The molecule has 2 atom stereocenters. The molecule has 1 aliphatic rings. The van der Waals surface area contributed by atoms with E-state index in [2.05, 4.69) is 0 Å². The lowest BCUT2D eigenvalue weighted by molar-refractivity contribution is -0.385. The number of benzene rings is 1. The van der Waals surface area contributed by atoms with E-state index in [1.807, 2.05) is 6.92 Å². The summed E-state index contributed by atoms with van der Waals surface area (Å²) in [5.74, 6) is -0.992. The van der Waals surface area contributed by atoms with Crippen molar-refractivity contribution in [3.8, 4) is 0 Å². The van der Waals surface area contributed by atoms with Crippen LogP contribution in [0, 0.1) is 21.8 Å². The summed E-state index contributed by atoms with van der Waals surface area (Å²) in [6, 6.07) is 2.90. The standard InChI is InChI=1S/C14H18FN3O3/c1-9-2-3-10(7-16)8-17(9)14(19)12-6-11(15)4-5-13(12)18(20)21/h4-6,9-10H,2-3,7-8,16H2,1H3. The fourth-order valence-electron chi connectivity index (χ4n) is 2.65. The Morgan fingerprint density at radius 1 is 1.52 bits per heavy atom. The smallest absolute Gasteiger partial charge is 0.282 e. The van der Waals surface area contributed by atoms with Crippen LogP contribution < -0.4 is 5.73 Å². The number of likely N-dealkylation sites (tertiary alicyclic amines) is 1. The summed E-state index contributed by atoms with van der Waals surface area (Å²) < 4.78 is 13.4. The maximum atomic E-state index is 13.4. The summed E-state index contributed by atoms with van der Waals surface area (Å²) in [4.78, 5) is 24.5. The monoisotopic (exact) mass is 295 g/mol. The van der Waals surface area contributed by atoms with Gasteiger partial charge < -0.3 is 10.6 Å². The van der Waals surface area contributed by atoms with Gasteiger partial charge in [-0.1, -0.05) is 0 Å². The fraction of sp³-hybridized carbons (Fsp3) is 0.500. The molecule has 0 aliphatic carbocycles. The first-order valence-electron chi connectivity index (χ1n) is 6.89. The maximum Gasteiger partial charge on any atom is 0.282 e. The molecule has 1 saturated heterocycles. The van der Waals surface area contributed by atoms with Crippen LogP contribution in [0.2, 0.25) is 0 Å². The normalized spacial score (nSPS) is 22.1. The predicted molar refractivity (Wildman–Crippen MR) is 75.3 cm³/mol. The van der Waals surface area contributed by atoms with Gasteiger partial charge in [0.1, 0.15) is 11.4 Å². The van der Waals surface area contributed by atoms with E-state index in [-0.39, 0.29) is 23.2 Å². The third-order valence-corrected chi connectivity index (χ3v) is 3.96. The molecule has 0 radical (unpaired) electrons. The summed E-state index contributed by atoms with van der Waals surface area (Å²) in [6.45, 7) is 2.79. The van der Waals surface area contributed by atoms with E-state index in [0.717, 1.165) is 31.0 Å². The van der Waals surface area contributed by atoms with Crippen LogP contribution in [0.3, 0.4) is 0 Å². The highest BCUT2D eigenvalue weighted by Crippen LogP contribution is 2.27. The van der Waals surface area contributed by atoms with Crippen molar-refractivity contribution in [3.63, 3.8) is 0 Å². The quantitative estimate of drug-likeness (QED) is 0.681. The summed E-state index contributed by atoms with van der Waals surface area (Å²) >= 11 is 0. The van der Waals surface area contributed by atoms with Crippen LogP contribution in [-0.2, 0) is 0 Å². The van der Waals surface area contributed by atoms with Gasteiger partial charge in [-0.3, -0.25) is 14.9 Å². The van der Waals surface area contributed by atoms with Crippen LogP contribution in [0.5, 0.6) is 0 Å². The summed E-state index contributed by atoms with van der Waals surface area (Å²) in [5, 5.41) is 11.0. The first-order valence-corrected chi connectivity index (χ1v) is 6.89. The molecule has 2 unspecified atom stereocenters. The largest absolute Gasteiger partial charge is 0.335 e. The lowest BCUT2D eigenvalue weighted by Crippen LogP contribution is -2.47. The molecule has 1 aromatic rings. The molecule has 21 heavy (non-hydrogen) atoms. The minimum absolute atomic E-state index is 0.0387. The molecule has 6 nitrogen and oxygen atoms in total. The average Bonchev–Trinajstić information content (AvgIpc) is 2.46. The Hall–Kier alpha value is -2.02. The van der Waals surface area contributed by atoms with Crippen molar-refractivity contribution in [2.45, 2.75) is 25.8 Å². The maximum absolute atomic E-state index is 13.4. The van der Waals surface area contributed by atoms with Crippen molar-refractivity contribution >= 4 is 11.6 Å². The van der Waals surface area contributed by atoms with Crippen molar-refractivity contribution in [1.29, 1.82) is 0 Å². The van der Waals surface area contributed by atoms with Crippen LogP contribution in [-0.4, -0.2) is 34.9 Å². The fourth-order valence-corrected chi connectivity index (χ4v) is 2.65. The number of nitro groups is 1.